The normalized spacial score (nSPS) is 11.1. The van der Waals surface area contributed by atoms with Gasteiger partial charge in [0, 0.05) is 11.4 Å². The van der Waals surface area contributed by atoms with E-state index < -0.39 is 10.0 Å². The summed E-state index contributed by atoms with van der Waals surface area (Å²) in [5, 5.41) is 2.80. The molecule has 0 unspecified atom stereocenters. The van der Waals surface area contributed by atoms with Crippen LogP contribution in [0.1, 0.15) is 12.0 Å². The third-order valence-electron chi connectivity index (χ3n) is 4.13. The Morgan fingerprint density at radius 3 is 2.61 bits per heavy atom. The molecule has 0 saturated heterocycles. The number of hydrogen-bond acceptors (Lipinski definition) is 5. The SMILES string of the molecule is COc1cccc(CCCNC(=O)CN(c2cccc(SC)c2)S(C)(=O)=O)c1. The minimum absolute atomic E-state index is 0.240. The van der Waals surface area contributed by atoms with Crippen LogP contribution in [0.3, 0.4) is 0 Å². The summed E-state index contributed by atoms with van der Waals surface area (Å²) in [4.78, 5) is 13.2. The number of sulfonamides is 1. The van der Waals surface area contributed by atoms with Crippen LogP contribution in [-0.2, 0) is 21.2 Å². The Labute approximate surface area is 171 Å². The van der Waals surface area contributed by atoms with E-state index >= 15 is 0 Å². The summed E-state index contributed by atoms with van der Waals surface area (Å²) in [5.41, 5.74) is 1.61. The Balaban J connectivity index is 1.91. The van der Waals surface area contributed by atoms with Crippen LogP contribution in [0.4, 0.5) is 5.69 Å². The molecule has 1 N–H and O–H groups in total. The van der Waals surface area contributed by atoms with E-state index in [0.29, 0.717) is 12.2 Å². The molecular weight excluding hydrogens is 396 g/mol. The van der Waals surface area contributed by atoms with Crippen molar-refractivity contribution in [1.82, 2.24) is 5.32 Å². The Hall–Kier alpha value is -2.19. The second-order valence-corrected chi connectivity index (χ2v) is 9.06. The van der Waals surface area contributed by atoms with Crippen molar-refractivity contribution in [2.45, 2.75) is 17.7 Å². The molecule has 0 spiro atoms. The summed E-state index contributed by atoms with van der Waals surface area (Å²) in [6, 6.07) is 14.9. The molecule has 0 fully saturated rings. The van der Waals surface area contributed by atoms with Crippen LogP contribution in [-0.4, -0.2) is 47.0 Å². The summed E-state index contributed by atoms with van der Waals surface area (Å²) in [6.07, 6.45) is 4.57. The number of hydrogen-bond donors (Lipinski definition) is 1. The van der Waals surface area contributed by atoms with Gasteiger partial charge in [0.1, 0.15) is 12.3 Å². The summed E-state index contributed by atoms with van der Waals surface area (Å²) in [6.45, 7) is 0.230. The van der Waals surface area contributed by atoms with E-state index in [0.717, 1.165) is 39.6 Å². The van der Waals surface area contributed by atoms with Crippen LogP contribution < -0.4 is 14.4 Å². The number of nitrogens with zero attached hydrogens (tertiary/aromatic N) is 1. The van der Waals surface area contributed by atoms with Gasteiger partial charge in [-0.3, -0.25) is 9.10 Å². The highest BCUT2D eigenvalue weighted by Crippen LogP contribution is 2.23. The van der Waals surface area contributed by atoms with Crippen molar-refractivity contribution in [1.29, 1.82) is 0 Å². The van der Waals surface area contributed by atoms with Gasteiger partial charge < -0.3 is 10.1 Å². The van der Waals surface area contributed by atoms with Gasteiger partial charge in [-0.25, -0.2) is 8.42 Å². The average Bonchev–Trinajstić information content (AvgIpc) is 2.68. The van der Waals surface area contributed by atoms with E-state index in [1.807, 2.05) is 36.6 Å². The number of nitrogens with one attached hydrogen (secondary N) is 1. The molecule has 6 nitrogen and oxygen atoms in total. The Bertz CT molecular complexity index is 901. The highest BCUT2D eigenvalue weighted by atomic mass is 32.2. The molecule has 0 aliphatic rings. The fourth-order valence-corrected chi connectivity index (χ4v) is 4.00. The first-order chi connectivity index (χ1) is 13.3. The standard InChI is InChI=1S/C20H26N2O4S2/c1-26-18-10-4-7-16(13-18)8-6-12-21-20(23)15-22(28(3,24)25)17-9-5-11-19(14-17)27-2/h4-5,7,9-11,13-14H,6,8,12,15H2,1-3H3,(H,21,23). The number of benzene rings is 2. The van der Waals surface area contributed by atoms with Crippen LogP contribution in [0, 0.1) is 0 Å². The zero-order chi connectivity index (χ0) is 20.6. The zero-order valence-electron chi connectivity index (χ0n) is 16.3. The van der Waals surface area contributed by atoms with Crippen molar-refractivity contribution in [3.8, 4) is 5.75 Å². The number of carbonyl (C=O) groups is 1. The van der Waals surface area contributed by atoms with Crippen molar-refractivity contribution in [3.05, 3.63) is 54.1 Å². The maximum atomic E-state index is 12.3. The van der Waals surface area contributed by atoms with E-state index in [1.54, 1.807) is 25.3 Å². The van der Waals surface area contributed by atoms with Crippen LogP contribution in [0.5, 0.6) is 5.75 Å². The van der Waals surface area contributed by atoms with Crippen molar-refractivity contribution < 1.29 is 17.9 Å². The Morgan fingerprint density at radius 1 is 1.18 bits per heavy atom. The van der Waals surface area contributed by atoms with Crippen molar-refractivity contribution in [2.24, 2.45) is 0 Å². The third kappa shape index (κ3) is 6.76. The summed E-state index contributed by atoms with van der Waals surface area (Å²) in [7, 11) is -1.94. The van der Waals surface area contributed by atoms with Gasteiger partial charge in [0.2, 0.25) is 15.9 Å². The van der Waals surface area contributed by atoms with Gasteiger partial charge in [-0.05, 0) is 55.0 Å². The minimum Gasteiger partial charge on any atom is -0.497 e. The molecule has 0 radical (unpaired) electrons. The predicted molar refractivity (Wildman–Crippen MR) is 115 cm³/mol. The number of anilines is 1. The number of ether oxygens (including phenoxy) is 1. The lowest BCUT2D eigenvalue weighted by Gasteiger charge is -2.22. The van der Waals surface area contributed by atoms with Gasteiger partial charge >= 0.3 is 0 Å². The molecule has 2 aromatic rings. The zero-order valence-corrected chi connectivity index (χ0v) is 18.0. The van der Waals surface area contributed by atoms with Crippen molar-refractivity contribution in [3.63, 3.8) is 0 Å². The van der Waals surface area contributed by atoms with Crippen LogP contribution in [0.2, 0.25) is 0 Å². The summed E-state index contributed by atoms with van der Waals surface area (Å²) >= 11 is 1.52. The molecule has 152 valence electrons. The number of carbonyl (C=O) groups excluding carboxylic acids is 1. The average molecular weight is 423 g/mol. The van der Waals surface area contributed by atoms with E-state index in [-0.39, 0.29) is 12.5 Å². The van der Waals surface area contributed by atoms with E-state index in [2.05, 4.69) is 5.32 Å². The molecule has 1 amide bonds. The predicted octanol–water partition coefficient (Wildman–Crippen LogP) is 2.93. The fraction of sp³-hybridized carbons (Fsp3) is 0.350. The summed E-state index contributed by atoms with van der Waals surface area (Å²) in [5.74, 6) is 0.475. The van der Waals surface area contributed by atoms with Crippen LogP contribution >= 0.6 is 11.8 Å². The quantitative estimate of drug-likeness (QED) is 0.471. The maximum absolute atomic E-state index is 12.3. The largest absolute Gasteiger partial charge is 0.497 e. The molecule has 0 saturated carbocycles. The molecule has 28 heavy (non-hydrogen) atoms. The minimum atomic E-state index is -3.57. The fourth-order valence-electron chi connectivity index (χ4n) is 2.70. The molecule has 0 aromatic heterocycles. The number of rotatable bonds is 10. The van der Waals surface area contributed by atoms with Crippen molar-refractivity contribution in [2.75, 3.05) is 37.0 Å². The molecule has 0 aliphatic heterocycles. The molecule has 8 heteroatoms. The van der Waals surface area contributed by atoms with Gasteiger partial charge in [0.25, 0.3) is 0 Å². The molecule has 2 aromatic carbocycles. The van der Waals surface area contributed by atoms with Gasteiger partial charge in [-0.2, -0.15) is 0 Å². The highest BCUT2D eigenvalue weighted by molar-refractivity contribution is 7.98. The van der Waals surface area contributed by atoms with Gasteiger partial charge in [0.05, 0.1) is 19.1 Å². The Kier molecular flexibility index (Phi) is 8.19. The topological polar surface area (TPSA) is 75.7 Å². The number of methoxy groups -OCH3 is 1. The van der Waals surface area contributed by atoms with E-state index in [4.69, 9.17) is 4.74 Å². The van der Waals surface area contributed by atoms with Gasteiger partial charge in [-0.15, -0.1) is 11.8 Å². The molecule has 0 aliphatic carbocycles. The number of thioether (sulfide) groups is 1. The van der Waals surface area contributed by atoms with Crippen molar-refractivity contribution >= 4 is 33.4 Å². The molecule has 0 heterocycles. The van der Waals surface area contributed by atoms with Gasteiger partial charge in [-0.1, -0.05) is 18.2 Å². The monoisotopic (exact) mass is 422 g/mol. The lowest BCUT2D eigenvalue weighted by molar-refractivity contribution is -0.119. The lowest BCUT2D eigenvalue weighted by Crippen LogP contribution is -2.40. The lowest BCUT2D eigenvalue weighted by atomic mass is 10.1. The number of aryl methyl sites for hydroxylation is 1. The maximum Gasteiger partial charge on any atom is 0.240 e. The molecular formula is C20H26N2O4S2. The first kappa shape index (κ1) is 22.1. The van der Waals surface area contributed by atoms with Crippen LogP contribution in [0.25, 0.3) is 0 Å². The molecule has 0 atom stereocenters. The van der Waals surface area contributed by atoms with Gasteiger partial charge in [0.15, 0.2) is 0 Å². The molecule has 2 rings (SSSR count). The second-order valence-electron chi connectivity index (χ2n) is 6.28. The first-order valence-electron chi connectivity index (χ1n) is 8.85. The highest BCUT2D eigenvalue weighted by Gasteiger charge is 2.20. The number of amides is 1. The smallest absolute Gasteiger partial charge is 0.240 e. The summed E-state index contributed by atoms with van der Waals surface area (Å²) < 4.78 is 30.7. The Morgan fingerprint density at radius 2 is 1.93 bits per heavy atom. The van der Waals surface area contributed by atoms with E-state index in [9.17, 15) is 13.2 Å². The molecule has 0 bridgehead atoms. The van der Waals surface area contributed by atoms with E-state index in [1.165, 1.54) is 11.8 Å². The third-order valence-corrected chi connectivity index (χ3v) is 5.99. The van der Waals surface area contributed by atoms with Crippen LogP contribution in [0.15, 0.2) is 53.4 Å². The second kappa shape index (κ2) is 10.4. The first-order valence-corrected chi connectivity index (χ1v) is 11.9.